The molecule has 0 spiro atoms. The Morgan fingerprint density at radius 3 is 2.72 bits per heavy atom. The zero-order chi connectivity index (χ0) is 13.2. The largest absolute Gasteiger partial charge is 0.384 e. The summed E-state index contributed by atoms with van der Waals surface area (Å²) in [4.78, 5) is 2.47. The highest BCUT2D eigenvalue weighted by atomic mass is 15.1. The number of anilines is 1. The average molecular weight is 246 g/mol. The fraction of sp³-hybridized carbons (Fsp3) is 0.625. The molecule has 1 aromatic carbocycles. The van der Waals surface area contributed by atoms with E-state index in [4.69, 9.17) is 0 Å². The van der Waals surface area contributed by atoms with E-state index in [0.29, 0.717) is 5.41 Å². The summed E-state index contributed by atoms with van der Waals surface area (Å²) < 4.78 is 0. The number of nitrogens with one attached hydrogen (secondary N) is 1. The average Bonchev–Trinajstić information content (AvgIpc) is 2.26. The van der Waals surface area contributed by atoms with Gasteiger partial charge in [-0.15, -0.1) is 0 Å². The van der Waals surface area contributed by atoms with Gasteiger partial charge in [-0.05, 0) is 36.4 Å². The monoisotopic (exact) mass is 246 g/mol. The van der Waals surface area contributed by atoms with E-state index >= 15 is 0 Å². The van der Waals surface area contributed by atoms with Gasteiger partial charge in [-0.3, -0.25) is 0 Å². The summed E-state index contributed by atoms with van der Waals surface area (Å²) in [5.41, 5.74) is 3.18. The first kappa shape index (κ1) is 13.4. The zero-order valence-corrected chi connectivity index (χ0v) is 12.2. The van der Waals surface area contributed by atoms with Crippen molar-refractivity contribution >= 4 is 5.69 Å². The zero-order valence-electron chi connectivity index (χ0n) is 12.2. The molecule has 0 amide bonds. The van der Waals surface area contributed by atoms with Crippen molar-refractivity contribution in [1.29, 1.82) is 0 Å². The Bertz CT molecular complexity index is 392. The van der Waals surface area contributed by atoms with Gasteiger partial charge in [0.25, 0.3) is 0 Å². The maximum absolute atomic E-state index is 3.55. The van der Waals surface area contributed by atoms with Crippen molar-refractivity contribution in [2.45, 2.75) is 27.2 Å². The van der Waals surface area contributed by atoms with Crippen LogP contribution in [0.5, 0.6) is 0 Å². The van der Waals surface area contributed by atoms with Gasteiger partial charge in [0.1, 0.15) is 0 Å². The molecule has 0 aromatic heterocycles. The lowest BCUT2D eigenvalue weighted by atomic mass is 9.92. The molecule has 2 heteroatoms. The van der Waals surface area contributed by atoms with Gasteiger partial charge in [0.05, 0.1) is 0 Å². The van der Waals surface area contributed by atoms with Gasteiger partial charge in [0, 0.05) is 25.3 Å². The minimum absolute atomic E-state index is 0.384. The third-order valence-electron chi connectivity index (χ3n) is 3.42. The third kappa shape index (κ3) is 3.74. The number of hydrogen-bond donors (Lipinski definition) is 1. The minimum Gasteiger partial charge on any atom is -0.384 e. The molecule has 18 heavy (non-hydrogen) atoms. The molecule has 0 saturated heterocycles. The maximum atomic E-state index is 3.55. The number of fused-ring (bicyclic) bond motifs is 1. The van der Waals surface area contributed by atoms with Gasteiger partial charge < -0.3 is 10.2 Å². The number of para-hydroxylation sites is 1. The van der Waals surface area contributed by atoms with Crippen molar-refractivity contribution in [3.63, 3.8) is 0 Å². The van der Waals surface area contributed by atoms with E-state index in [1.54, 1.807) is 0 Å². The highest BCUT2D eigenvalue weighted by Gasteiger charge is 2.21. The van der Waals surface area contributed by atoms with Crippen LogP contribution in [-0.4, -0.2) is 31.6 Å². The van der Waals surface area contributed by atoms with Crippen LogP contribution in [0.25, 0.3) is 0 Å². The Morgan fingerprint density at radius 1 is 1.28 bits per heavy atom. The molecule has 1 aromatic rings. The number of benzene rings is 1. The molecule has 0 fully saturated rings. The number of rotatable bonds is 3. The molecule has 1 N–H and O–H groups in total. The summed E-state index contributed by atoms with van der Waals surface area (Å²) in [6.07, 6.45) is 1.21. The van der Waals surface area contributed by atoms with E-state index in [1.165, 1.54) is 24.2 Å². The molecule has 0 saturated carbocycles. The predicted octanol–water partition coefficient (Wildman–Crippen LogP) is 3.25. The van der Waals surface area contributed by atoms with Crippen LogP contribution in [0.4, 0.5) is 5.69 Å². The van der Waals surface area contributed by atoms with Crippen LogP contribution < -0.4 is 5.32 Å². The van der Waals surface area contributed by atoms with Crippen molar-refractivity contribution in [3.8, 4) is 0 Å². The summed E-state index contributed by atoms with van der Waals surface area (Å²) in [6, 6.07) is 8.68. The van der Waals surface area contributed by atoms with E-state index in [-0.39, 0.29) is 0 Å². The molecule has 0 aliphatic carbocycles. The second kappa shape index (κ2) is 5.31. The Hall–Kier alpha value is -1.02. The minimum atomic E-state index is 0.384. The van der Waals surface area contributed by atoms with Gasteiger partial charge in [-0.1, -0.05) is 39.0 Å². The lowest BCUT2D eigenvalue weighted by molar-refractivity contribution is 0.201. The lowest BCUT2D eigenvalue weighted by Crippen LogP contribution is -2.37. The Morgan fingerprint density at radius 2 is 2.00 bits per heavy atom. The van der Waals surface area contributed by atoms with Crippen molar-refractivity contribution < 1.29 is 0 Å². The van der Waals surface area contributed by atoms with Gasteiger partial charge >= 0.3 is 0 Å². The van der Waals surface area contributed by atoms with Crippen LogP contribution in [-0.2, 0) is 6.42 Å². The number of hydrogen-bond acceptors (Lipinski definition) is 2. The van der Waals surface area contributed by atoms with Gasteiger partial charge in [-0.2, -0.15) is 0 Å². The second-order valence-corrected chi connectivity index (χ2v) is 6.87. The topological polar surface area (TPSA) is 15.3 Å². The summed E-state index contributed by atoms with van der Waals surface area (Å²) in [5, 5.41) is 3.55. The lowest BCUT2D eigenvalue weighted by Gasteiger charge is -2.32. The maximum Gasteiger partial charge on any atom is 0.0372 e. The fourth-order valence-corrected chi connectivity index (χ4v) is 2.95. The summed E-state index contributed by atoms with van der Waals surface area (Å²) >= 11 is 0. The quantitative estimate of drug-likeness (QED) is 0.880. The van der Waals surface area contributed by atoms with Gasteiger partial charge in [0.2, 0.25) is 0 Å². The van der Waals surface area contributed by atoms with Gasteiger partial charge in [0.15, 0.2) is 0 Å². The molecule has 2 rings (SSSR count). The van der Waals surface area contributed by atoms with Crippen LogP contribution in [0.1, 0.15) is 26.3 Å². The SMILES string of the molecule is CN(CC1CNc2ccccc2C1)CC(C)(C)C. The molecule has 0 bridgehead atoms. The van der Waals surface area contributed by atoms with Crippen molar-refractivity contribution in [2.24, 2.45) is 11.3 Å². The summed E-state index contributed by atoms with van der Waals surface area (Å²) in [5.74, 6) is 0.729. The van der Waals surface area contributed by atoms with Crippen molar-refractivity contribution in [1.82, 2.24) is 4.90 Å². The molecule has 1 unspecified atom stereocenters. The Balaban J connectivity index is 1.90. The molecule has 1 atom stereocenters. The van der Waals surface area contributed by atoms with Crippen LogP contribution in [0, 0.1) is 11.3 Å². The van der Waals surface area contributed by atoms with E-state index in [0.717, 1.165) is 19.0 Å². The summed E-state index contributed by atoms with van der Waals surface area (Å²) in [6.45, 7) is 10.4. The molecule has 100 valence electrons. The van der Waals surface area contributed by atoms with E-state index < -0.39 is 0 Å². The van der Waals surface area contributed by atoms with Gasteiger partial charge in [-0.25, -0.2) is 0 Å². The Labute approximate surface area is 111 Å². The molecule has 1 heterocycles. The second-order valence-electron chi connectivity index (χ2n) is 6.87. The number of nitrogens with zero attached hydrogens (tertiary/aromatic N) is 1. The Kier molecular flexibility index (Phi) is 3.96. The van der Waals surface area contributed by atoms with E-state index in [1.807, 2.05) is 0 Å². The highest BCUT2D eigenvalue weighted by molar-refractivity contribution is 5.53. The fourth-order valence-electron chi connectivity index (χ4n) is 2.95. The first-order valence-corrected chi connectivity index (χ1v) is 6.94. The first-order chi connectivity index (χ1) is 8.44. The predicted molar refractivity (Wildman–Crippen MR) is 79.1 cm³/mol. The van der Waals surface area contributed by atoms with Crippen molar-refractivity contribution in [2.75, 3.05) is 32.0 Å². The molecule has 1 aliphatic rings. The standard InChI is InChI=1S/C16H26N2/c1-16(2,3)12-18(4)11-13-9-14-7-5-6-8-15(14)17-10-13/h5-8,13,17H,9-12H2,1-4H3. The molecule has 0 radical (unpaired) electrons. The molecular formula is C16H26N2. The normalized spacial score (nSPS) is 19.5. The molecule has 1 aliphatic heterocycles. The van der Waals surface area contributed by atoms with Crippen molar-refractivity contribution in [3.05, 3.63) is 29.8 Å². The first-order valence-electron chi connectivity index (χ1n) is 6.94. The summed E-state index contributed by atoms with van der Waals surface area (Å²) in [7, 11) is 2.24. The molecule has 2 nitrogen and oxygen atoms in total. The van der Waals surface area contributed by atoms with E-state index in [9.17, 15) is 0 Å². The molecular weight excluding hydrogens is 220 g/mol. The van der Waals surface area contributed by atoms with E-state index in [2.05, 4.69) is 62.3 Å². The smallest absolute Gasteiger partial charge is 0.0372 e. The van der Waals surface area contributed by atoms with Crippen LogP contribution in [0.2, 0.25) is 0 Å². The van der Waals surface area contributed by atoms with Crippen LogP contribution in [0.3, 0.4) is 0 Å². The van der Waals surface area contributed by atoms with Crippen LogP contribution >= 0.6 is 0 Å². The van der Waals surface area contributed by atoms with Crippen LogP contribution in [0.15, 0.2) is 24.3 Å². The highest BCUT2D eigenvalue weighted by Crippen LogP contribution is 2.25. The third-order valence-corrected chi connectivity index (χ3v) is 3.42.